The van der Waals surface area contributed by atoms with Crippen molar-refractivity contribution in [2.24, 2.45) is 0 Å². The molecule has 0 spiro atoms. The molecule has 0 bridgehead atoms. The summed E-state index contributed by atoms with van der Waals surface area (Å²) in [6.45, 7) is 1.90. The number of amides is 5. The van der Waals surface area contributed by atoms with E-state index in [0.717, 1.165) is 5.56 Å². The van der Waals surface area contributed by atoms with Gasteiger partial charge in [-0.25, -0.2) is 14.4 Å². The van der Waals surface area contributed by atoms with Crippen molar-refractivity contribution in [2.45, 2.75) is 70.0 Å². The average molecular weight is 580 g/mol. The Hall–Kier alpha value is -4.69. The molecule has 0 radical (unpaired) electrons. The van der Waals surface area contributed by atoms with Gasteiger partial charge in [0.1, 0.15) is 18.1 Å². The summed E-state index contributed by atoms with van der Waals surface area (Å²) in [6, 6.07) is 4.10. The molecule has 0 aromatic heterocycles. The fourth-order valence-corrected chi connectivity index (χ4v) is 3.57. The van der Waals surface area contributed by atoms with E-state index >= 15 is 0 Å². The minimum Gasteiger partial charge on any atom is -0.481 e. The molecule has 1 aromatic rings. The Kier molecular flexibility index (Phi) is 15.6. The summed E-state index contributed by atoms with van der Waals surface area (Å²) in [7, 11) is 0. The van der Waals surface area contributed by atoms with Crippen LogP contribution in [0.4, 0.5) is 4.79 Å². The summed E-state index contributed by atoms with van der Waals surface area (Å²) in [5.41, 5.74) is 0.853. The predicted octanol–water partition coefficient (Wildman–Crippen LogP) is -0.403. The number of carboxylic acid groups (broad SMARTS) is 3. The fraction of sp³-hybridized carbons (Fsp3) is 0.500. The number of hydrogen-bond acceptors (Lipinski definition) is 7. The van der Waals surface area contributed by atoms with Gasteiger partial charge in [-0.3, -0.25) is 19.2 Å². The van der Waals surface area contributed by atoms with Gasteiger partial charge in [-0.15, -0.1) is 0 Å². The van der Waals surface area contributed by atoms with Gasteiger partial charge in [-0.05, 0) is 24.8 Å². The summed E-state index contributed by atoms with van der Waals surface area (Å²) in [5.74, 6) is -5.47. The lowest BCUT2D eigenvalue weighted by molar-refractivity contribution is -0.141. The number of carbonyl (C=O) groups excluding carboxylic acids is 4. The number of aliphatic carboxylic acids is 3. The van der Waals surface area contributed by atoms with E-state index in [2.05, 4.69) is 21.3 Å². The molecule has 0 aliphatic carbocycles. The first kappa shape index (κ1) is 34.3. The highest BCUT2D eigenvalue weighted by atomic mass is 16.4. The number of benzene rings is 1. The third-order valence-electron chi connectivity index (χ3n) is 5.67. The second kappa shape index (κ2) is 18.6. The second-order valence-electron chi connectivity index (χ2n) is 9.07. The smallest absolute Gasteiger partial charge is 0.326 e. The maximum atomic E-state index is 12.7. The highest BCUT2D eigenvalue weighted by Crippen LogP contribution is 2.05. The molecule has 15 nitrogen and oxygen atoms in total. The monoisotopic (exact) mass is 579 g/mol. The number of hydrogen-bond donors (Lipinski definition) is 8. The molecule has 0 unspecified atom stereocenters. The maximum Gasteiger partial charge on any atom is 0.326 e. The fourth-order valence-electron chi connectivity index (χ4n) is 3.57. The van der Waals surface area contributed by atoms with Crippen LogP contribution in [0, 0.1) is 0 Å². The second-order valence-corrected chi connectivity index (χ2v) is 9.07. The Morgan fingerprint density at radius 1 is 0.683 bits per heavy atom. The summed E-state index contributed by atoms with van der Waals surface area (Å²) in [4.78, 5) is 82.3. The molecule has 15 heteroatoms. The zero-order valence-corrected chi connectivity index (χ0v) is 22.7. The summed E-state index contributed by atoms with van der Waals surface area (Å²) >= 11 is 0. The van der Waals surface area contributed by atoms with Gasteiger partial charge in [0.2, 0.25) is 17.7 Å². The van der Waals surface area contributed by atoms with Crippen LogP contribution in [0.1, 0.15) is 51.0 Å². The normalized spacial score (nSPS) is 12.6. The van der Waals surface area contributed by atoms with Crippen LogP contribution in [0.25, 0.3) is 0 Å². The summed E-state index contributed by atoms with van der Waals surface area (Å²) in [5, 5.41) is 39.0. The lowest BCUT2D eigenvalue weighted by atomic mass is 10.0. The quantitative estimate of drug-likeness (QED) is 0.0986. The van der Waals surface area contributed by atoms with Crippen molar-refractivity contribution in [1.29, 1.82) is 0 Å². The largest absolute Gasteiger partial charge is 0.481 e. The van der Waals surface area contributed by atoms with E-state index in [0.29, 0.717) is 6.42 Å². The zero-order chi connectivity index (χ0) is 30.8. The van der Waals surface area contributed by atoms with Gasteiger partial charge < -0.3 is 41.9 Å². The lowest BCUT2D eigenvalue weighted by Gasteiger charge is -2.19. The van der Waals surface area contributed by atoms with Crippen molar-refractivity contribution < 1.29 is 48.9 Å². The molecule has 3 atom stereocenters. The molecule has 0 aliphatic heterocycles. The number of urea groups is 1. The summed E-state index contributed by atoms with van der Waals surface area (Å²) in [6.07, 6.45) is -0.400. The van der Waals surface area contributed by atoms with Gasteiger partial charge in [-0.1, -0.05) is 37.3 Å². The summed E-state index contributed by atoms with van der Waals surface area (Å²) < 4.78 is 0. The Morgan fingerprint density at radius 2 is 1.24 bits per heavy atom. The van der Waals surface area contributed by atoms with E-state index in [1.165, 1.54) is 0 Å². The predicted molar refractivity (Wildman–Crippen MR) is 144 cm³/mol. The molecule has 1 rings (SSSR count). The van der Waals surface area contributed by atoms with Crippen LogP contribution in [0.5, 0.6) is 0 Å². The van der Waals surface area contributed by atoms with Crippen LogP contribution in [-0.4, -0.2) is 88.2 Å². The van der Waals surface area contributed by atoms with Crippen molar-refractivity contribution in [3.63, 3.8) is 0 Å². The van der Waals surface area contributed by atoms with Gasteiger partial charge in [-0.2, -0.15) is 0 Å². The number of carboxylic acids is 3. The molecule has 0 fully saturated rings. The first-order chi connectivity index (χ1) is 19.4. The van der Waals surface area contributed by atoms with Crippen molar-refractivity contribution in [1.82, 2.24) is 26.6 Å². The van der Waals surface area contributed by atoms with Gasteiger partial charge in [0, 0.05) is 38.8 Å². The Balaban J connectivity index is 2.51. The van der Waals surface area contributed by atoms with Gasteiger partial charge in [0.15, 0.2) is 0 Å². The molecule has 0 aliphatic rings. The van der Waals surface area contributed by atoms with E-state index in [-0.39, 0.29) is 44.7 Å². The average Bonchev–Trinajstić information content (AvgIpc) is 2.91. The highest BCUT2D eigenvalue weighted by Gasteiger charge is 2.25. The molecule has 5 amide bonds. The Bertz CT molecular complexity index is 1070. The molecular formula is C26H37N5O10. The van der Waals surface area contributed by atoms with Crippen LogP contribution in [-0.2, 0) is 35.2 Å². The van der Waals surface area contributed by atoms with E-state index < -0.39 is 66.7 Å². The zero-order valence-electron chi connectivity index (χ0n) is 22.7. The molecule has 1 aromatic carbocycles. The molecule has 41 heavy (non-hydrogen) atoms. The molecule has 0 saturated carbocycles. The minimum atomic E-state index is -1.55. The van der Waals surface area contributed by atoms with E-state index in [4.69, 9.17) is 10.2 Å². The van der Waals surface area contributed by atoms with Crippen LogP contribution >= 0.6 is 0 Å². The molecule has 8 N–H and O–H groups in total. The number of rotatable bonds is 19. The third-order valence-corrected chi connectivity index (χ3v) is 5.67. The van der Waals surface area contributed by atoms with Crippen molar-refractivity contribution >= 4 is 41.7 Å². The third kappa shape index (κ3) is 14.9. The van der Waals surface area contributed by atoms with E-state index in [9.17, 15) is 38.7 Å². The lowest BCUT2D eigenvalue weighted by Crippen LogP contribution is -2.51. The van der Waals surface area contributed by atoms with Crippen LogP contribution in [0.15, 0.2) is 30.3 Å². The number of carbonyl (C=O) groups is 7. The van der Waals surface area contributed by atoms with Gasteiger partial charge >= 0.3 is 23.9 Å². The van der Waals surface area contributed by atoms with Crippen molar-refractivity contribution in [2.75, 3.05) is 13.1 Å². The molecule has 226 valence electrons. The Morgan fingerprint density at radius 3 is 1.78 bits per heavy atom. The first-order valence-corrected chi connectivity index (χ1v) is 13.0. The SMILES string of the molecule is CCCC(=O)N[C@@H](Cc1ccccc1)C(=O)NCCNC(=O)CC[C@H](NC(=O)N[C@@H](CCC(=O)O)C(=O)O)C(=O)O. The standard InChI is InChI=1S/C26H37N5O10/c1-2-6-21(33)29-19(15-16-7-4-3-5-8-16)23(36)28-14-13-27-20(32)11-9-17(24(37)38)30-26(41)31-18(25(39)40)10-12-22(34)35/h3-5,7-8,17-19H,2,6,9-15H2,1H3,(H,27,32)(H,28,36)(H,29,33)(H,34,35)(H,37,38)(H,39,40)(H2,30,31,41)/t17-,18-,19-/m0/s1. The van der Waals surface area contributed by atoms with Gasteiger partial charge in [0.05, 0.1) is 0 Å². The topological polar surface area (TPSA) is 240 Å². The first-order valence-electron chi connectivity index (χ1n) is 13.0. The van der Waals surface area contributed by atoms with Crippen LogP contribution in [0.2, 0.25) is 0 Å². The van der Waals surface area contributed by atoms with Crippen molar-refractivity contribution in [3.05, 3.63) is 35.9 Å². The molecule has 0 heterocycles. The maximum absolute atomic E-state index is 12.7. The highest BCUT2D eigenvalue weighted by molar-refractivity contribution is 5.88. The van der Waals surface area contributed by atoms with E-state index in [1.54, 1.807) is 0 Å². The van der Waals surface area contributed by atoms with Gasteiger partial charge in [0.25, 0.3) is 0 Å². The molecule has 0 saturated heterocycles. The molecular weight excluding hydrogens is 542 g/mol. The minimum absolute atomic E-state index is 0.0149. The Labute approximate surface area is 236 Å². The van der Waals surface area contributed by atoms with E-state index in [1.807, 2.05) is 42.6 Å². The van der Waals surface area contributed by atoms with Crippen molar-refractivity contribution in [3.8, 4) is 0 Å². The van der Waals surface area contributed by atoms with Crippen LogP contribution in [0.3, 0.4) is 0 Å². The van der Waals surface area contributed by atoms with Crippen LogP contribution < -0.4 is 26.6 Å². The number of nitrogens with one attached hydrogen (secondary N) is 5.